The predicted molar refractivity (Wildman–Crippen MR) is 134 cm³/mol. The number of benzene rings is 4. The molecule has 0 fully saturated rings. The summed E-state index contributed by atoms with van der Waals surface area (Å²) in [5.41, 5.74) is 1.07. The Labute approximate surface area is 194 Å². The second kappa shape index (κ2) is 8.87. The smallest absolute Gasteiger partial charge is 0.265 e. The van der Waals surface area contributed by atoms with Crippen molar-refractivity contribution in [3.8, 4) is 5.75 Å². The van der Waals surface area contributed by atoms with Crippen molar-refractivity contribution < 1.29 is 13.2 Å². The topological polar surface area (TPSA) is 59.0 Å². The van der Waals surface area contributed by atoms with Crippen LogP contribution in [0.4, 0.5) is 0 Å². The number of sulfonamides is 1. The summed E-state index contributed by atoms with van der Waals surface area (Å²) in [7, 11) is -3.78. The van der Waals surface area contributed by atoms with E-state index >= 15 is 0 Å². The number of ether oxygens (including phenoxy) is 1. The van der Waals surface area contributed by atoms with Crippen LogP contribution in [0.1, 0.15) is 18.9 Å². The van der Waals surface area contributed by atoms with E-state index in [1.807, 2.05) is 55.5 Å². The first-order valence-corrected chi connectivity index (χ1v) is 12.7. The van der Waals surface area contributed by atoms with Gasteiger partial charge in [-0.15, -0.1) is 0 Å². The zero-order valence-corrected chi connectivity index (χ0v) is 19.4. The van der Waals surface area contributed by atoms with Crippen LogP contribution < -0.4 is 4.74 Å². The molecule has 33 heavy (non-hydrogen) atoms. The maximum atomic E-state index is 13.8. The van der Waals surface area contributed by atoms with E-state index in [9.17, 15) is 8.42 Å². The van der Waals surface area contributed by atoms with E-state index in [1.165, 1.54) is 4.31 Å². The van der Waals surface area contributed by atoms with Gasteiger partial charge in [-0.1, -0.05) is 73.7 Å². The first-order valence-electron chi connectivity index (χ1n) is 11.3. The molecule has 0 bridgehead atoms. The quantitative estimate of drug-likeness (QED) is 0.371. The van der Waals surface area contributed by atoms with Crippen LogP contribution in [-0.2, 0) is 16.4 Å². The van der Waals surface area contributed by atoms with E-state index < -0.39 is 10.0 Å². The highest BCUT2D eigenvalue weighted by atomic mass is 32.2. The molecule has 168 valence electrons. The summed E-state index contributed by atoms with van der Waals surface area (Å²) in [6.07, 6.45) is 1.35. The van der Waals surface area contributed by atoms with Crippen molar-refractivity contribution >= 4 is 37.4 Å². The highest BCUT2D eigenvalue weighted by molar-refractivity contribution is 7.90. The first-order chi connectivity index (χ1) is 16.1. The number of hydrogen-bond acceptors (Lipinski definition) is 4. The first kappa shape index (κ1) is 21.5. The normalized spacial score (nSPS) is 14.1. The average Bonchev–Trinajstić information content (AvgIpc) is 3.32. The highest BCUT2D eigenvalue weighted by Crippen LogP contribution is 2.33. The summed E-state index contributed by atoms with van der Waals surface area (Å²) < 4.78 is 35.0. The van der Waals surface area contributed by atoms with E-state index in [0.29, 0.717) is 43.1 Å². The second-order valence-electron chi connectivity index (χ2n) is 8.15. The van der Waals surface area contributed by atoms with Crippen LogP contribution >= 0.6 is 0 Å². The number of rotatable bonds is 7. The Morgan fingerprint density at radius 3 is 2.42 bits per heavy atom. The monoisotopic (exact) mass is 458 g/mol. The predicted octanol–water partition coefficient (Wildman–Crippen LogP) is 5.43. The van der Waals surface area contributed by atoms with Gasteiger partial charge in [-0.25, -0.2) is 8.42 Å². The van der Waals surface area contributed by atoms with E-state index in [0.717, 1.165) is 28.1 Å². The molecule has 1 aliphatic rings. The van der Waals surface area contributed by atoms with Crippen LogP contribution in [0.3, 0.4) is 0 Å². The molecule has 4 aromatic rings. The molecule has 4 aromatic carbocycles. The minimum atomic E-state index is -3.78. The van der Waals surface area contributed by atoms with Crippen molar-refractivity contribution in [1.29, 1.82) is 0 Å². The molecule has 0 unspecified atom stereocenters. The Kier molecular flexibility index (Phi) is 5.77. The number of aliphatic imine (C=N–C) groups is 1. The molecule has 0 N–H and O–H groups in total. The summed E-state index contributed by atoms with van der Waals surface area (Å²) in [4.78, 5) is 4.87. The van der Waals surface area contributed by atoms with Gasteiger partial charge < -0.3 is 4.74 Å². The number of nitrogens with zero attached hydrogens (tertiary/aromatic N) is 2. The molecule has 1 aliphatic heterocycles. The summed E-state index contributed by atoms with van der Waals surface area (Å²) in [6.45, 7) is 3.45. The number of amidine groups is 1. The van der Waals surface area contributed by atoms with Gasteiger partial charge in [-0.2, -0.15) is 0 Å². The van der Waals surface area contributed by atoms with Crippen molar-refractivity contribution in [2.75, 3.05) is 19.7 Å². The number of hydrogen-bond donors (Lipinski definition) is 0. The molecule has 0 spiro atoms. The van der Waals surface area contributed by atoms with Gasteiger partial charge in [0.15, 0.2) is 0 Å². The largest absolute Gasteiger partial charge is 0.493 e. The summed E-state index contributed by atoms with van der Waals surface area (Å²) in [5.74, 6) is 1.29. The maximum Gasteiger partial charge on any atom is 0.265 e. The Morgan fingerprint density at radius 1 is 0.879 bits per heavy atom. The van der Waals surface area contributed by atoms with Gasteiger partial charge in [-0.05, 0) is 34.9 Å². The zero-order chi connectivity index (χ0) is 22.8. The second-order valence-corrected chi connectivity index (χ2v) is 9.98. The molecule has 0 radical (unpaired) electrons. The van der Waals surface area contributed by atoms with Gasteiger partial charge >= 0.3 is 0 Å². The van der Waals surface area contributed by atoms with E-state index in [1.54, 1.807) is 12.1 Å². The van der Waals surface area contributed by atoms with Gasteiger partial charge in [-0.3, -0.25) is 9.30 Å². The molecule has 1 heterocycles. The van der Waals surface area contributed by atoms with E-state index in [-0.39, 0.29) is 4.90 Å². The van der Waals surface area contributed by atoms with Crippen LogP contribution in [0.5, 0.6) is 5.75 Å². The Bertz CT molecular complexity index is 1460. The third-order valence-corrected chi connectivity index (χ3v) is 7.87. The lowest BCUT2D eigenvalue weighted by molar-refractivity contribution is 0.321. The minimum absolute atomic E-state index is 0.287. The third kappa shape index (κ3) is 3.95. The zero-order valence-electron chi connectivity index (χ0n) is 18.6. The van der Waals surface area contributed by atoms with Gasteiger partial charge in [0, 0.05) is 17.2 Å². The van der Waals surface area contributed by atoms with Crippen LogP contribution in [0.25, 0.3) is 21.5 Å². The molecule has 0 atom stereocenters. The molecule has 5 nitrogen and oxygen atoms in total. The molecule has 6 heteroatoms. The van der Waals surface area contributed by atoms with Crippen molar-refractivity contribution in [2.45, 2.75) is 24.7 Å². The van der Waals surface area contributed by atoms with Gasteiger partial charge in [0.05, 0.1) is 24.6 Å². The lowest BCUT2D eigenvalue weighted by atomic mass is 10.0. The Hall–Kier alpha value is -3.38. The fourth-order valence-corrected chi connectivity index (χ4v) is 6.08. The minimum Gasteiger partial charge on any atom is -0.493 e. The maximum absolute atomic E-state index is 13.8. The van der Waals surface area contributed by atoms with Crippen molar-refractivity contribution in [3.63, 3.8) is 0 Å². The Morgan fingerprint density at radius 2 is 1.61 bits per heavy atom. The van der Waals surface area contributed by atoms with Crippen molar-refractivity contribution in [2.24, 2.45) is 4.99 Å². The van der Waals surface area contributed by atoms with Crippen LogP contribution in [0.15, 0.2) is 88.8 Å². The van der Waals surface area contributed by atoms with E-state index in [4.69, 9.17) is 4.74 Å². The van der Waals surface area contributed by atoms with Crippen molar-refractivity contribution in [1.82, 2.24) is 4.31 Å². The summed E-state index contributed by atoms with van der Waals surface area (Å²) >= 11 is 0. The summed E-state index contributed by atoms with van der Waals surface area (Å²) in [6, 6.07) is 25.2. The van der Waals surface area contributed by atoms with Crippen LogP contribution in [0.2, 0.25) is 0 Å². The standard InChI is InChI=1S/C27H26N2O3S/c1-2-18-32-25-14-15-26(24-13-6-5-12-23(24)25)33(30,31)29-17-16-28-27(29)19-21-10-7-9-20-8-3-4-11-22(20)21/h3-15H,2,16-19H2,1H3. The summed E-state index contributed by atoms with van der Waals surface area (Å²) in [5, 5.41) is 3.73. The molecule has 0 saturated heterocycles. The third-order valence-electron chi connectivity index (χ3n) is 5.99. The SMILES string of the molecule is CCCOc1ccc(S(=O)(=O)N2CCN=C2Cc2cccc3ccccc23)c2ccccc12. The van der Waals surface area contributed by atoms with Gasteiger partial charge in [0.2, 0.25) is 0 Å². The number of fused-ring (bicyclic) bond motifs is 2. The molecule has 0 saturated carbocycles. The Balaban J connectivity index is 1.52. The van der Waals surface area contributed by atoms with Crippen LogP contribution in [-0.4, -0.2) is 38.3 Å². The highest BCUT2D eigenvalue weighted by Gasteiger charge is 2.32. The van der Waals surface area contributed by atoms with Crippen molar-refractivity contribution in [3.05, 3.63) is 84.4 Å². The molecular weight excluding hydrogens is 432 g/mol. The molecule has 0 aliphatic carbocycles. The molecule has 0 amide bonds. The molecule has 0 aromatic heterocycles. The molecule has 5 rings (SSSR count). The lowest BCUT2D eigenvalue weighted by Crippen LogP contribution is -2.35. The van der Waals surface area contributed by atoms with Crippen LogP contribution in [0, 0.1) is 0 Å². The van der Waals surface area contributed by atoms with Gasteiger partial charge in [0.1, 0.15) is 11.6 Å². The fraction of sp³-hybridized carbons (Fsp3) is 0.222. The fourth-order valence-electron chi connectivity index (χ4n) is 4.42. The molecular formula is C27H26N2O3S. The lowest BCUT2D eigenvalue weighted by Gasteiger charge is -2.22. The average molecular weight is 459 g/mol. The van der Waals surface area contributed by atoms with E-state index in [2.05, 4.69) is 23.2 Å². The van der Waals surface area contributed by atoms with Gasteiger partial charge in [0.25, 0.3) is 10.0 Å².